The Kier molecular flexibility index (Phi) is 6.28. The molecule has 1 aromatic heterocycles. The molecule has 1 radical (unpaired) electrons. The fraction of sp³-hybridized carbons (Fsp3) is 0.125. The fourth-order valence-electron chi connectivity index (χ4n) is 4.99. The van der Waals surface area contributed by atoms with Crippen molar-refractivity contribution in [1.82, 2.24) is 9.56 Å². The Hall–Kier alpha value is -3.68. The van der Waals surface area contributed by atoms with Gasteiger partial charge in [0, 0.05) is 37.9 Å². The van der Waals surface area contributed by atoms with E-state index in [1.165, 1.54) is 27.9 Å². The molecule has 4 heteroatoms. The van der Waals surface area contributed by atoms with Crippen molar-refractivity contribution in [2.45, 2.75) is 19.3 Å². The van der Waals surface area contributed by atoms with Crippen molar-refractivity contribution >= 4 is 33.8 Å². The number of benzene rings is 4. The molecule has 7 rings (SSSR count). The molecule has 0 bridgehead atoms. The first-order valence-electron chi connectivity index (χ1n) is 11.8. The number of rotatable bonds is 1. The minimum atomic E-state index is -0.0510. The first kappa shape index (κ1) is 24.0. The van der Waals surface area contributed by atoms with E-state index in [0.29, 0.717) is 0 Å². The molecule has 2 aliphatic heterocycles. The van der Waals surface area contributed by atoms with Crippen LogP contribution in [0.3, 0.4) is 0 Å². The Morgan fingerprint density at radius 3 is 2.44 bits per heavy atom. The summed E-state index contributed by atoms with van der Waals surface area (Å²) in [5, 5.41) is 2.39. The van der Waals surface area contributed by atoms with Gasteiger partial charge in [-0.2, -0.15) is 0 Å². The summed E-state index contributed by atoms with van der Waals surface area (Å²) in [6, 6.07) is 41.2. The molecule has 0 saturated heterocycles. The number of pyridine rings is 1. The van der Waals surface area contributed by atoms with Gasteiger partial charge in [0.2, 0.25) is 0 Å². The van der Waals surface area contributed by atoms with Crippen LogP contribution >= 0.6 is 0 Å². The van der Waals surface area contributed by atoms with Gasteiger partial charge in [-0.1, -0.05) is 65.5 Å². The van der Waals surface area contributed by atoms with E-state index in [9.17, 15) is 0 Å². The van der Waals surface area contributed by atoms with Crippen molar-refractivity contribution in [2.24, 2.45) is 0 Å². The SMILES string of the molecule is C[N+]1=C=[N+]2c3[c-]c4ccccc4cc3C(C)(C)c3cccc1c32.[Ir].[c-]1ccccc1-c1ccccn1. The second-order valence-corrected chi connectivity index (χ2v) is 9.40. The zero-order valence-electron chi connectivity index (χ0n) is 20.4. The van der Waals surface area contributed by atoms with E-state index >= 15 is 0 Å². The summed E-state index contributed by atoms with van der Waals surface area (Å²) < 4.78 is 4.25. The summed E-state index contributed by atoms with van der Waals surface area (Å²) in [6.45, 7) is 4.61. The van der Waals surface area contributed by atoms with Crippen LogP contribution in [-0.4, -0.2) is 22.6 Å². The maximum atomic E-state index is 4.22. The third-order valence-corrected chi connectivity index (χ3v) is 6.84. The van der Waals surface area contributed by atoms with Gasteiger partial charge in [-0.3, -0.25) is 0 Å². The summed E-state index contributed by atoms with van der Waals surface area (Å²) in [6.07, 6.45) is 1.79. The van der Waals surface area contributed by atoms with Crippen LogP contribution < -0.4 is 4.58 Å². The molecule has 0 spiro atoms. The molecule has 5 aromatic rings. The maximum absolute atomic E-state index is 4.22. The van der Waals surface area contributed by atoms with Crippen molar-refractivity contribution in [3.8, 4) is 11.3 Å². The smallest absolute Gasteiger partial charge is 0.305 e. The molecule has 36 heavy (non-hydrogen) atoms. The van der Waals surface area contributed by atoms with Crippen LogP contribution in [0, 0.1) is 12.1 Å². The van der Waals surface area contributed by atoms with Gasteiger partial charge >= 0.3 is 6.01 Å². The van der Waals surface area contributed by atoms with Crippen molar-refractivity contribution in [3.63, 3.8) is 0 Å². The first-order valence-corrected chi connectivity index (χ1v) is 11.8. The van der Waals surface area contributed by atoms with Crippen LogP contribution in [-0.2, 0) is 25.5 Å². The van der Waals surface area contributed by atoms with Gasteiger partial charge < -0.3 is 4.98 Å². The molecule has 3 nitrogen and oxygen atoms in total. The van der Waals surface area contributed by atoms with Gasteiger partial charge in [-0.05, 0) is 22.7 Å². The molecular weight excluding hydrogens is 619 g/mol. The number of fused-ring (bicyclic) bond motifs is 3. The summed E-state index contributed by atoms with van der Waals surface area (Å²) in [5.41, 5.74) is 8.20. The van der Waals surface area contributed by atoms with Gasteiger partial charge in [0.15, 0.2) is 12.7 Å². The predicted octanol–water partition coefficient (Wildman–Crippen LogP) is 7.12. The molecule has 0 unspecified atom stereocenters. The number of hydrogen-bond donors (Lipinski definition) is 0. The molecule has 3 heterocycles. The summed E-state index contributed by atoms with van der Waals surface area (Å²) in [4.78, 5) is 4.22. The van der Waals surface area contributed by atoms with E-state index in [1.807, 2.05) is 42.5 Å². The second kappa shape index (κ2) is 9.41. The van der Waals surface area contributed by atoms with Crippen LogP contribution in [0.15, 0.2) is 97.2 Å². The zero-order chi connectivity index (χ0) is 24.0. The molecular formula is C32H25IrN3. The van der Waals surface area contributed by atoms with Gasteiger partial charge in [-0.25, -0.2) is 0 Å². The summed E-state index contributed by atoms with van der Waals surface area (Å²) in [5.74, 6) is 0. The summed E-state index contributed by atoms with van der Waals surface area (Å²) >= 11 is 0. The summed E-state index contributed by atoms with van der Waals surface area (Å²) in [7, 11) is 2.06. The average Bonchev–Trinajstić information content (AvgIpc) is 3.25. The van der Waals surface area contributed by atoms with E-state index < -0.39 is 0 Å². The average molecular weight is 644 g/mol. The Balaban J connectivity index is 0.000000175. The van der Waals surface area contributed by atoms with Crippen LogP contribution in [0.25, 0.3) is 22.0 Å². The Morgan fingerprint density at radius 2 is 1.67 bits per heavy atom. The molecule has 2 aliphatic rings. The van der Waals surface area contributed by atoms with Gasteiger partial charge in [0.05, 0.1) is 0 Å². The Morgan fingerprint density at radius 1 is 0.861 bits per heavy atom. The third kappa shape index (κ3) is 3.94. The molecule has 0 N–H and O–H groups in total. The zero-order valence-corrected chi connectivity index (χ0v) is 22.8. The number of aromatic nitrogens is 1. The van der Waals surface area contributed by atoms with Gasteiger partial charge in [-0.15, -0.1) is 64.9 Å². The molecule has 0 saturated carbocycles. The normalized spacial score (nSPS) is 13.9. The van der Waals surface area contributed by atoms with Crippen molar-refractivity contribution in [1.29, 1.82) is 0 Å². The minimum absolute atomic E-state index is 0. The van der Waals surface area contributed by atoms with Gasteiger partial charge in [0.1, 0.15) is 0 Å². The van der Waals surface area contributed by atoms with Crippen LogP contribution in [0.4, 0.5) is 17.1 Å². The number of nitrogens with zero attached hydrogens (tertiary/aromatic N) is 3. The van der Waals surface area contributed by atoms with Crippen molar-refractivity contribution in [3.05, 3.63) is 120 Å². The molecule has 0 fully saturated rings. The standard InChI is InChI=1S/C21H17N2.C11H8N.Ir/c1-21(2)16-9-6-10-18-20(16)23(13-22(18)3)19-12-15-8-5-4-7-14(15)11-17(19)21;1-2-6-10(7-3-1)11-8-4-5-9-12-11;/h4-11H,1-3H3;1-6,8-9H;/q+1;-1;. The minimum Gasteiger partial charge on any atom is -0.305 e. The van der Waals surface area contributed by atoms with E-state index in [-0.39, 0.29) is 25.5 Å². The van der Waals surface area contributed by atoms with Crippen molar-refractivity contribution < 1.29 is 24.7 Å². The quantitative estimate of drug-likeness (QED) is 0.141. The predicted molar refractivity (Wildman–Crippen MR) is 142 cm³/mol. The van der Waals surface area contributed by atoms with Crippen LogP contribution in [0.2, 0.25) is 0 Å². The molecule has 4 aromatic carbocycles. The topological polar surface area (TPSA) is 18.9 Å². The molecule has 0 atom stereocenters. The van der Waals surface area contributed by atoms with E-state index in [0.717, 1.165) is 22.3 Å². The molecule has 0 amide bonds. The third-order valence-electron chi connectivity index (χ3n) is 6.84. The van der Waals surface area contributed by atoms with E-state index in [4.69, 9.17) is 0 Å². The largest absolute Gasteiger partial charge is 0.494 e. The number of para-hydroxylation sites is 1. The van der Waals surface area contributed by atoms with E-state index in [1.54, 1.807) is 6.20 Å². The first-order chi connectivity index (χ1) is 17.0. The van der Waals surface area contributed by atoms with Crippen molar-refractivity contribution in [2.75, 3.05) is 7.05 Å². The van der Waals surface area contributed by atoms with Crippen LogP contribution in [0.1, 0.15) is 25.0 Å². The molecule has 0 aliphatic carbocycles. The number of hydrogen-bond acceptors (Lipinski definition) is 1. The maximum Gasteiger partial charge on any atom is 0.494 e. The fourth-order valence-corrected chi connectivity index (χ4v) is 4.99. The Labute approximate surface area is 225 Å². The van der Waals surface area contributed by atoms with Crippen LogP contribution in [0.5, 0.6) is 0 Å². The van der Waals surface area contributed by atoms with E-state index in [2.05, 4.69) is 102 Å². The second-order valence-electron chi connectivity index (χ2n) is 9.40. The molecule has 177 valence electrons. The monoisotopic (exact) mass is 644 g/mol. The van der Waals surface area contributed by atoms with Gasteiger partial charge in [0.25, 0.3) is 11.4 Å². The Bertz CT molecular complexity index is 1610.